The van der Waals surface area contributed by atoms with Crippen LogP contribution < -0.4 is 0 Å². The van der Waals surface area contributed by atoms with Gasteiger partial charge in [-0.15, -0.1) is 0 Å². The SMILES string of the molecule is O=C(O)CC1(C(=O)O)CN=Cc2ccccc21. The van der Waals surface area contributed by atoms with E-state index in [1.54, 1.807) is 30.5 Å². The van der Waals surface area contributed by atoms with E-state index in [9.17, 15) is 14.7 Å². The zero-order chi connectivity index (χ0) is 12.5. The lowest BCUT2D eigenvalue weighted by Crippen LogP contribution is -2.43. The summed E-state index contributed by atoms with van der Waals surface area (Å²) >= 11 is 0. The third kappa shape index (κ3) is 1.80. The number of aliphatic carboxylic acids is 2. The third-order valence-electron chi connectivity index (χ3n) is 2.93. The number of carboxylic acids is 2. The summed E-state index contributed by atoms with van der Waals surface area (Å²) < 4.78 is 0. The normalized spacial score (nSPS) is 21.9. The number of benzene rings is 1. The van der Waals surface area contributed by atoms with E-state index in [0.29, 0.717) is 11.1 Å². The van der Waals surface area contributed by atoms with Crippen LogP contribution in [-0.4, -0.2) is 34.9 Å². The number of carboxylic acid groups (broad SMARTS) is 2. The van der Waals surface area contributed by atoms with Crippen molar-refractivity contribution < 1.29 is 19.8 Å². The highest BCUT2D eigenvalue weighted by atomic mass is 16.4. The minimum Gasteiger partial charge on any atom is -0.481 e. The number of rotatable bonds is 3. The zero-order valence-electron chi connectivity index (χ0n) is 8.96. The van der Waals surface area contributed by atoms with Crippen LogP contribution in [-0.2, 0) is 15.0 Å². The Labute approximate surface area is 97.4 Å². The molecule has 1 unspecified atom stereocenters. The zero-order valence-corrected chi connectivity index (χ0v) is 8.96. The predicted octanol–water partition coefficient (Wildman–Crippen LogP) is 0.916. The van der Waals surface area contributed by atoms with Gasteiger partial charge in [-0.1, -0.05) is 24.3 Å². The number of carbonyl (C=O) groups is 2. The lowest BCUT2D eigenvalue weighted by Gasteiger charge is -2.30. The first-order valence-corrected chi connectivity index (χ1v) is 5.11. The molecule has 5 heteroatoms. The molecule has 1 aliphatic rings. The maximum atomic E-state index is 11.4. The van der Waals surface area contributed by atoms with Crippen molar-refractivity contribution in [2.45, 2.75) is 11.8 Å². The summed E-state index contributed by atoms with van der Waals surface area (Å²) in [6.07, 6.45) is 1.12. The van der Waals surface area contributed by atoms with Crippen molar-refractivity contribution in [1.29, 1.82) is 0 Å². The Hall–Kier alpha value is -2.17. The molecule has 1 atom stereocenters. The topological polar surface area (TPSA) is 87.0 Å². The molecule has 5 nitrogen and oxygen atoms in total. The molecular weight excluding hydrogens is 222 g/mol. The number of aliphatic imine (C=N–C) groups is 1. The molecule has 2 N–H and O–H groups in total. The molecule has 0 aromatic heterocycles. The van der Waals surface area contributed by atoms with Crippen molar-refractivity contribution in [3.05, 3.63) is 35.4 Å². The van der Waals surface area contributed by atoms with Crippen molar-refractivity contribution >= 4 is 18.2 Å². The highest BCUT2D eigenvalue weighted by Crippen LogP contribution is 2.33. The Morgan fingerprint density at radius 1 is 1.29 bits per heavy atom. The van der Waals surface area contributed by atoms with Gasteiger partial charge in [0.05, 0.1) is 13.0 Å². The summed E-state index contributed by atoms with van der Waals surface area (Å²) in [5.74, 6) is -2.29. The van der Waals surface area contributed by atoms with E-state index in [1.807, 2.05) is 0 Å². The van der Waals surface area contributed by atoms with Gasteiger partial charge in [-0.3, -0.25) is 14.6 Å². The van der Waals surface area contributed by atoms with Crippen molar-refractivity contribution in [2.75, 3.05) is 6.54 Å². The minimum absolute atomic E-state index is 0.0361. The highest BCUT2D eigenvalue weighted by Gasteiger charge is 2.45. The molecule has 1 aliphatic heterocycles. The maximum Gasteiger partial charge on any atom is 0.316 e. The summed E-state index contributed by atoms with van der Waals surface area (Å²) in [5.41, 5.74) is -0.260. The molecular formula is C12H11NO4. The van der Waals surface area contributed by atoms with Gasteiger partial charge in [-0.25, -0.2) is 0 Å². The predicted molar refractivity (Wildman–Crippen MR) is 60.5 cm³/mol. The summed E-state index contributed by atoms with van der Waals surface area (Å²) in [4.78, 5) is 26.3. The first-order chi connectivity index (χ1) is 8.06. The van der Waals surface area contributed by atoms with E-state index in [2.05, 4.69) is 4.99 Å². The Morgan fingerprint density at radius 3 is 2.65 bits per heavy atom. The molecule has 1 aromatic rings. The fourth-order valence-corrected chi connectivity index (χ4v) is 2.10. The largest absolute Gasteiger partial charge is 0.481 e. The Bertz CT molecular complexity index is 509. The summed E-state index contributed by atoms with van der Waals surface area (Å²) in [5, 5.41) is 18.2. The highest BCUT2D eigenvalue weighted by molar-refractivity contribution is 5.94. The van der Waals surface area contributed by atoms with Crippen LogP contribution in [0, 0.1) is 0 Å². The fourth-order valence-electron chi connectivity index (χ4n) is 2.10. The lowest BCUT2D eigenvalue weighted by molar-refractivity contribution is -0.150. The average Bonchev–Trinajstić information content (AvgIpc) is 2.28. The molecule has 1 heterocycles. The number of nitrogens with zero attached hydrogens (tertiary/aromatic N) is 1. The van der Waals surface area contributed by atoms with Gasteiger partial charge in [0.1, 0.15) is 5.41 Å². The van der Waals surface area contributed by atoms with E-state index in [0.717, 1.165) is 0 Å². The van der Waals surface area contributed by atoms with Crippen LogP contribution in [0.4, 0.5) is 0 Å². The van der Waals surface area contributed by atoms with Gasteiger partial charge < -0.3 is 10.2 Å². The molecule has 0 aliphatic carbocycles. The van der Waals surface area contributed by atoms with E-state index < -0.39 is 23.8 Å². The quantitative estimate of drug-likeness (QED) is 0.812. The van der Waals surface area contributed by atoms with Crippen LogP contribution in [0.25, 0.3) is 0 Å². The van der Waals surface area contributed by atoms with Crippen molar-refractivity contribution in [1.82, 2.24) is 0 Å². The molecule has 0 saturated carbocycles. The standard InChI is InChI=1S/C12H11NO4/c14-10(15)5-12(11(16)17)7-13-6-8-3-1-2-4-9(8)12/h1-4,6H,5,7H2,(H,14,15)(H,16,17). The molecule has 1 aromatic carbocycles. The van der Waals surface area contributed by atoms with Crippen LogP contribution in [0.5, 0.6) is 0 Å². The van der Waals surface area contributed by atoms with Crippen molar-refractivity contribution in [3.8, 4) is 0 Å². The van der Waals surface area contributed by atoms with E-state index in [-0.39, 0.29) is 6.54 Å². The van der Waals surface area contributed by atoms with E-state index >= 15 is 0 Å². The van der Waals surface area contributed by atoms with Crippen LogP contribution >= 0.6 is 0 Å². The maximum absolute atomic E-state index is 11.4. The molecule has 0 fully saturated rings. The van der Waals surface area contributed by atoms with Crippen LogP contribution in [0.1, 0.15) is 17.5 Å². The van der Waals surface area contributed by atoms with Crippen LogP contribution in [0.15, 0.2) is 29.3 Å². The Morgan fingerprint density at radius 2 is 2.00 bits per heavy atom. The van der Waals surface area contributed by atoms with Gasteiger partial charge in [-0.2, -0.15) is 0 Å². The average molecular weight is 233 g/mol. The van der Waals surface area contributed by atoms with E-state index in [1.165, 1.54) is 0 Å². The second-order valence-corrected chi connectivity index (χ2v) is 4.01. The molecule has 0 spiro atoms. The molecule has 2 rings (SSSR count). The second-order valence-electron chi connectivity index (χ2n) is 4.01. The van der Waals surface area contributed by atoms with Gasteiger partial charge in [0, 0.05) is 6.21 Å². The van der Waals surface area contributed by atoms with Crippen molar-refractivity contribution in [2.24, 2.45) is 4.99 Å². The Balaban J connectivity index is 2.59. The van der Waals surface area contributed by atoms with E-state index in [4.69, 9.17) is 5.11 Å². The molecule has 0 radical (unpaired) electrons. The third-order valence-corrected chi connectivity index (χ3v) is 2.93. The van der Waals surface area contributed by atoms with Gasteiger partial charge in [0.2, 0.25) is 0 Å². The van der Waals surface area contributed by atoms with Crippen LogP contribution in [0.2, 0.25) is 0 Å². The Kier molecular flexibility index (Phi) is 2.67. The number of hydrogen-bond donors (Lipinski definition) is 2. The van der Waals surface area contributed by atoms with Gasteiger partial charge in [0.25, 0.3) is 0 Å². The van der Waals surface area contributed by atoms with Gasteiger partial charge in [-0.05, 0) is 11.1 Å². The molecule has 0 amide bonds. The first kappa shape index (κ1) is 11.3. The van der Waals surface area contributed by atoms with Gasteiger partial charge in [0.15, 0.2) is 0 Å². The summed E-state index contributed by atoms with van der Waals surface area (Å²) in [7, 11) is 0. The van der Waals surface area contributed by atoms with Crippen LogP contribution in [0.3, 0.4) is 0 Å². The number of fused-ring (bicyclic) bond motifs is 1. The van der Waals surface area contributed by atoms with Crippen molar-refractivity contribution in [3.63, 3.8) is 0 Å². The lowest BCUT2D eigenvalue weighted by atomic mass is 9.74. The molecule has 0 bridgehead atoms. The molecule has 88 valence electrons. The molecule has 17 heavy (non-hydrogen) atoms. The summed E-state index contributed by atoms with van der Waals surface area (Å²) in [6.45, 7) is -0.0361. The second kappa shape index (κ2) is 4.01. The smallest absolute Gasteiger partial charge is 0.316 e. The van der Waals surface area contributed by atoms with Gasteiger partial charge >= 0.3 is 11.9 Å². The monoisotopic (exact) mass is 233 g/mol. The minimum atomic E-state index is -1.45. The molecule has 0 saturated heterocycles. The summed E-state index contributed by atoms with van der Waals surface area (Å²) in [6, 6.07) is 6.86. The first-order valence-electron chi connectivity index (χ1n) is 5.11. The fraction of sp³-hybridized carbons (Fsp3) is 0.250. The number of hydrogen-bond acceptors (Lipinski definition) is 3.